The van der Waals surface area contributed by atoms with Crippen LogP contribution in [0.3, 0.4) is 0 Å². The molecule has 0 aliphatic carbocycles. The first-order chi connectivity index (χ1) is 13.8. The van der Waals surface area contributed by atoms with Crippen molar-refractivity contribution in [3.63, 3.8) is 0 Å². The Kier molecular flexibility index (Phi) is 6.14. The number of hydrogen-bond acceptors (Lipinski definition) is 3. The van der Waals surface area contributed by atoms with Gasteiger partial charge < -0.3 is 5.32 Å². The molecular formula is C21H22FN3O3S. The van der Waals surface area contributed by atoms with E-state index in [0.717, 1.165) is 37.1 Å². The van der Waals surface area contributed by atoms with Crippen LogP contribution in [0.2, 0.25) is 0 Å². The SMILES string of the molecule is CN(C)S(=O)(=O)N(CC(=O)NCc1ccc2ccccc2c1)c1ccc(F)cc1. The van der Waals surface area contributed by atoms with E-state index in [0.29, 0.717) is 0 Å². The Balaban J connectivity index is 1.74. The number of carbonyl (C=O) groups excluding carboxylic acids is 1. The normalized spacial score (nSPS) is 11.6. The van der Waals surface area contributed by atoms with Gasteiger partial charge in [-0.3, -0.25) is 4.79 Å². The smallest absolute Gasteiger partial charge is 0.304 e. The van der Waals surface area contributed by atoms with Gasteiger partial charge in [-0.2, -0.15) is 12.7 Å². The average Bonchev–Trinajstić information content (AvgIpc) is 2.71. The summed E-state index contributed by atoms with van der Waals surface area (Å²) in [5.41, 5.74) is 1.11. The minimum absolute atomic E-state index is 0.209. The van der Waals surface area contributed by atoms with E-state index in [1.807, 2.05) is 42.5 Å². The summed E-state index contributed by atoms with van der Waals surface area (Å²) in [6, 6.07) is 18.7. The zero-order chi connectivity index (χ0) is 21.0. The molecule has 29 heavy (non-hydrogen) atoms. The van der Waals surface area contributed by atoms with Crippen LogP contribution in [0.5, 0.6) is 0 Å². The second kappa shape index (κ2) is 8.59. The van der Waals surface area contributed by atoms with Crippen molar-refractivity contribution >= 4 is 32.6 Å². The maximum atomic E-state index is 13.2. The molecule has 0 spiro atoms. The van der Waals surface area contributed by atoms with Gasteiger partial charge in [0, 0.05) is 20.6 Å². The fraction of sp³-hybridized carbons (Fsp3) is 0.190. The van der Waals surface area contributed by atoms with Gasteiger partial charge in [0.1, 0.15) is 12.4 Å². The zero-order valence-corrected chi connectivity index (χ0v) is 17.0. The lowest BCUT2D eigenvalue weighted by Crippen LogP contribution is -2.45. The summed E-state index contributed by atoms with van der Waals surface area (Å²) in [5, 5.41) is 4.91. The second-order valence-corrected chi connectivity index (χ2v) is 8.80. The van der Waals surface area contributed by atoms with Gasteiger partial charge in [-0.15, -0.1) is 0 Å². The van der Waals surface area contributed by atoms with Crippen LogP contribution in [0, 0.1) is 5.82 Å². The molecule has 0 saturated carbocycles. The number of nitrogens with one attached hydrogen (secondary N) is 1. The Morgan fingerprint density at radius 1 is 0.966 bits per heavy atom. The van der Waals surface area contributed by atoms with Gasteiger partial charge in [0.2, 0.25) is 5.91 Å². The lowest BCUT2D eigenvalue weighted by atomic mass is 10.1. The molecule has 0 aliphatic heterocycles. The molecule has 3 rings (SSSR count). The minimum atomic E-state index is -3.93. The fourth-order valence-electron chi connectivity index (χ4n) is 2.85. The summed E-state index contributed by atoms with van der Waals surface area (Å²) in [4.78, 5) is 12.5. The van der Waals surface area contributed by atoms with Gasteiger partial charge in [0.25, 0.3) is 0 Å². The first kappa shape index (κ1) is 20.8. The third-order valence-electron chi connectivity index (χ3n) is 4.45. The van der Waals surface area contributed by atoms with Crippen molar-refractivity contribution in [3.05, 3.63) is 78.1 Å². The van der Waals surface area contributed by atoms with E-state index in [1.165, 1.54) is 26.2 Å². The first-order valence-electron chi connectivity index (χ1n) is 8.97. The third-order valence-corrected chi connectivity index (χ3v) is 6.27. The average molecular weight is 415 g/mol. The largest absolute Gasteiger partial charge is 0.350 e. The molecule has 0 heterocycles. The van der Waals surface area contributed by atoms with Gasteiger partial charge in [-0.05, 0) is 46.7 Å². The predicted molar refractivity (Wildman–Crippen MR) is 112 cm³/mol. The van der Waals surface area contributed by atoms with Gasteiger partial charge >= 0.3 is 10.2 Å². The lowest BCUT2D eigenvalue weighted by Gasteiger charge is -2.26. The summed E-state index contributed by atoms with van der Waals surface area (Å²) < 4.78 is 40.5. The molecular weight excluding hydrogens is 393 g/mol. The Morgan fingerprint density at radius 2 is 1.62 bits per heavy atom. The molecule has 0 aromatic heterocycles. The monoisotopic (exact) mass is 415 g/mol. The van der Waals surface area contributed by atoms with E-state index in [-0.39, 0.29) is 12.2 Å². The molecule has 3 aromatic carbocycles. The Bertz CT molecular complexity index is 1120. The maximum Gasteiger partial charge on any atom is 0.304 e. The van der Waals surface area contributed by atoms with E-state index in [1.54, 1.807) is 0 Å². The van der Waals surface area contributed by atoms with Crippen molar-refractivity contribution < 1.29 is 17.6 Å². The molecule has 0 aliphatic rings. The number of hydrogen-bond donors (Lipinski definition) is 1. The summed E-state index contributed by atoms with van der Waals surface area (Å²) in [5.74, 6) is -0.954. The molecule has 0 atom stereocenters. The highest BCUT2D eigenvalue weighted by Gasteiger charge is 2.27. The second-order valence-electron chi connectivity index (χ2n) is 6.73. The Hall–Kier alpha value is -2.97. The van der Waals surface area contributed by atoms with Crippen molar-refractivity contribution in [1.29, 1.82) is 0 Å². The third kappa shape index (κ3) is 4.90. The summed E-state index contributed by atoms with van der Waals surface area (Å²) in [7, 11) is -1.18. The van der Waals surface area contributed by atoms with Crippen molar-refractivity contribution in [1.82, 2.24) is 9.62 Å². The van der Waals surface area contributed by atoms with Crippen molar-refractivity contribution in [2.24, 2.45) is 0 Å². The standard InChI is InChI=1S/C21H22FN3O3S/c1-24(2)29(27,28)25(20-11-9-19(22)10-12-20)15-21(26)23-14-16-7-8-17-5-3-4-6-18(17)13-16/h3-13H,14-15H2,1-2H3,(H,23,26). The van der Waals surface area contributed by atoms with E-state index in [4.69, 9.17) is 0 Å². The number of benzene rings is 3. The number of anilines is 1. The molecule has 0 radical (unpaired) electrons. The lowest BCUT2D eigenvalue weighted by molar-refractivity contribution is -0.119. The number of halogens is 1. The van der Waals surface area contributed by atoms with Crippen LogP contribution >= 0.6 is 0 Å². The number of rotatable bonds is 7. The molecule has 0 bridgehead atoms. The molecule has 6 nitrogen and oxygen atoms in total. The molecule has 1 amide bonds. The van der Waals surface area contributed by atoms with Crippen LogP contribution in [-0.4, -0.2) is 39.3 Å². The van der Waals surface area contributed by atoms with Gasteiger partial charge in [-0.25, -0.2) is 8.70 Å². The van der Waals surface area contributed by atoms with Crippen LogP contribution in [0.1, 0.15) is 5.56 Å². The fourth-order valence-corrected chi connectivity index (χ4v) is 3.91. The summed E-state index contributed by atoms with van der Waals surface area (Å²) >= 11 is 0. The molecule has 152 valence electrons. The number of nitrogens with zero attached hydrogens (tertiary/aromatic N) is 2. The van der Waals surface area contributed by atoms with Crippen LogP contribution in [0.15, 0.2) is 66.7 Å². The highest BCUT2D eigenvalue weighted by atomic mass is 32.2. The van der Waals surface area contributed by atoms with Gasteiger partial charge in [0.05, 0.1) is 5.69 Å². The minimum Gasteiger partial charge on any atom is -0.350 e. The van der Waals surface area contributed by atoms with E-state index >= 15 is 0 Å². The number of fused-ring (bicyclic) bond motifs is 1. The Morgan fingerprint density at radius 3 is 2.28 bits per heavy atom. The van der Waals surface area contributed by atoms with Crippen LogP contribution in [-0.2, 0) is 21.5 Å². The van der Waals surface area contributed by atoms with Crippen molar-refractivity contribution in [3.8, 4) is 0 Å². The molecule has 0 saturated heterocycles. The van der Waals surface area contributed by atoms with Crippen LogP contribution in [0.4, 0.5) is 10.1 Å². The summed E-state index contributed by atoms with van der Waals surface area (Å²) in [6.45, 7) is -0.150. The van der Waals surface area contributed by atoms with E-state index in [9.17, 15) is 17.6 Å². The van der Waals surface area contributed by atoms with E-state index < -0.39 is 28.5 Å². The summed E-state index contributed by atoms with van der Waals surface area (Å²) in [6.07, 6.45) is 0. The zero-order valence-electron chi connectivity index (χ0n) is 16.2. The first-order valence-corrected chi connectivity index (χ1v) is 10.4. The molecule has 0 unspecified atom stereocenters. The quantitative estimate of drug-likeness (QED) is 0.645. The van der Waals surface area contributed by atoms with Gasteiger partial charge in [-0.1, -0.05) is 36.4 Å². The molecule has 1 N–H and O–H groups in total. The van der Waals surface area contributed by atoms with Gasteiger partial charge in [0.15, 0.2) is 0 Å². The molecule has 8 heteroatoms. The van der Waals surface area contributed by atoms with Crippen LogP contribution < -0.4 is 9.62 Å². The van der Waals surface area contributed by atoms with Crippen LogP contribution in [0.25, 0.3) is 10.8 Å². The molecule has 0 fully saturated rings. The maximum absolute atomic E-state index is 13.2. The number of carbonyl (C=O) groups is 1. The predicted octanol–water partition coefficient (Wildman–Crippen LogP) is 2.91. The van der Waals surface area contributed by atoms with Crippen molar-refractivity contribution in [2.75, 3.05) is 24.9 Å². The van der Waals surface area contributed by atoms with Crippen molar-refractivity contribution in [2.45, 2.75) is 6.54 Å². The molecule has 3 aromatic rings. The number of amides is 1. The Labute approximate surface area is 169 Å². The topological polar surface area (TPSA) is 69.7 Å². The van der Waals surface area contributed by atoms with E-state index in [2.05, 4.69) is 5.32 Å². The highest BCUT2D eigenvalue weighted by Crippen LogP contribution is 2.20. The highest BCUT2D eigenvalue weighted by molar-refractivity contribution is 7.90.